The van der Waals surface area contributed by atoms with Crippen molar-refractivity contribution in [3.63, 3.8) is 0 Å². The average Bonchev–Trinajstić information content (AvgIpc) is 1.69. The maximum Gasteiger partial charge on any atom is 0.0815 e. The fourth-order valence-corrected chi connectivity index (χ4v) is 0. The molecule has 0 saturated carbocycles. The minimum Gasteiger partial charge on any atom is -0.318 e. The maximum atomic E-state index is 7.50. The van der Waals surface area contributed by atoms with Crippen LogP contribution in [-0.4, -0.2) is 6.54 Å². The van der Waals surface area contributed by atoms with Gasteiger partial charge >= 0.3 is 0 Å². The Balaban J connectivity index is -0.0000000575. The van der Waals surface area contributed by atoms with E-state index >= 15 is 0 Å². The predicted molar refractivity (Wildman–Crippen MR) is 33.2 cm³/mol. The first kappa shape index (κ1) is 15.7. The fourth-order valence-electron chi connectivity index (χ4n) is 0. The second-order valence-corrected chi connectivity index (χ2v) is 0.586. The number of halogens is 1. The van der Waals surface area contributed by atoms with E-state index in [9.17, 15) is 0 Å². The van der Waals surface area contributed by atoms with Crippen LogP contribution in [0.2, 0.25) is 0 Å². The summed E-state index contributed by atoms with van der Waals surface area (Å²) in [7, 11) is 0. The third-order valence-electron chi connectivity index (χ3n) is 0.0913. The molecule has 0 rings (SSSR count). The van der Waals surface area contributed by atoms with E-state index < -0.39 is 0 Å². The number of nitrogens with two attached hydrogens (primary N) is 1. The van der Waals surface area contributed by atoms with Gasteiger partial charge in [-0.25, -0.2) is 0 Å². The van der Waals surface area contributed by atoms with Crippen LogP contribution >= 0.6 is 12.4 Å². The van der Waals surface area contributed by atoms with Gasteiger partial charge in [0.2, 0.25) is 0 Å². The highest BCUT2D eigenvalue weighted by Crippen LogP contribution is 1.25. The molecule has 0 fully saturated rings. The first-order valence-corrected chi connectivity index (χ1v) is 1.71. The third-order valence-corrected chi connectivity index (χ3v) is 0.0913. The van der Waals surface area contributed by atoms with Gasteiger partial charge in [-0.1, -0.05) is 0 Å². The molecular formula is C4H8ClN3. The van der Waals surface area contributed by atoms with E-state index in [0.717, 1.165) is 0 Å². The zero-order valence-electron chi connectivity index (χ0n) is 4.59. The Morgan fingerprint density at radius 2 is 1.62 bits per heavy atom. The molecule has 0 unspecified atom stereocenters. The van der Waals surface area contributed by atoms with Crippen LogP contribution in [0.5, 0.6) is 0 Å². The molecule has 0 aromatic rings. The number of nitriles is 2. The summed E-state index contributed by atoms with van der Waals surface area (Å²) in [6, 6.07) is 3.46. The van der Waals surface area contributed by atoms with Gasteiger partial charge in [0, 0.05) is 6.92 Å². The summed E-state index contributed by atoms with van der Waals surface area (Å²) >= 11 is 0. The molecule has 2 N–H and O–H groups in total. The molecule has 0 bridgehead atoms. The lowest BCUT2D eigenvalue weighted by molar-refractivity contribution is 1.25. The van der Waals surface area contributed by atoms with Crippen molar-refractivity contribution in [3.05, 3.63) is 0 Å². The van der Waals surface area contributed by atoms with Gasteiger partial charge in [-0.05, 0) is 0 Å². The van der Waals surface area contributed by atoms with Crippen molar-refractivity contribution in [1.29, 1.82) is 10.5 Å². The SMILES string of the molecule is CC#N.Cl.N#CCN. The Morgan fingerprint density at radius 1 is 1.50 bits per heavy atom. The standard InChI is InChI=1S/C2H4N2.C2H3N.ClH/c3-1-2-4;1-2-3;/h1,3H2;1H3;1H. The first-order chi connectivity index (χ1) is 3.33. The largest absolute Gasteiger partial charge is 0.318 e. The minimum atomic E-state index is 0. The molecule has 0 radical (unpaired) electrons. The topological polar surface area (TPSA) is 73.6 Å². The second kappa shape index (κ2) is 34.3. The first-order valence-electron chi connectivity index (χ1n) is 1.71. The van der Waals surface area contributed by atoms with E-state index in [-0.39, 0.29) is 19.0 Å². The average molecular weight is 134 g/mol. The highest BCUT2D eigenvalue weighted by atomic mass is 35.5. The molecule has 46 valence electrons. The van der Waals surface area contributed by atoms with Gasteiger partial charge in [0.1, 0.15) is 0 Å². The van der Waals surface area contributed by atoms with E-state index in [1.165, 1.54) is 6.92 Å². The molecule has 0 aromatic heterocycles. The molecule has 0 aliphatic heterocycles. The second-order valence-electron chi connectivity index (χ2n) is 0.586. The van der Waals surface area contributed by atoms with E-state index in [1.807, 2.05) is 0 Å². The summed E-state index contributed by atoms with van der Waals surface area (Å²) in [5.74, 6) is 0. The predicted octanol–water partition coefficient (Wildman–Crippen LogP) is 0.420. The van der Waals surface area contributed by atoms with E-state index in [0.29, 0.717) is 0 Å². The Bertz CT molecular complexity index is 88.4. The van der Waals surface area contributed by atoms with E-state index in [4.69, 9.17) is 10.5 Å². The molecule has 0 heterocycles. The smallest absolute Gasteiger partial charge is 0.0815 e. The van der Waals surface area contributed by atoms with Crippen LogP contribution < -0.4 is 5.73 Å². The van der Waals surface area contributed by atoms with Gasteiger partial charge in [-0.2, -0.15) is 10.5 Å². The van der Waals surface area contributed by atoms with Crippen molar-refractivity contribution in [2.24, 2.45) is 5.73 Å². The Hall–Kier alpha value is -0.770. The summed E-state index contributed by atoms with van der Waals surface area (Å²) < 4.78 is 0. The van der Waals surface area contributed by atoms with Crippen LogP contribution in [0.15, 0.2) is 0 Å². The highest BCUT2D eigenvalue weighted by Gasteiger charge is 1.48. The Morgan fingerprint density at radius 3 is 1.62 bits per heavy atom. The van der Waals surface area contributed by atoms with Gasteiger partial charge in [-0.3, -0.25) is 0 Å². The van der Waals surface area contributed by atoms with Crippen molar-refractivity contribution in [1.82, 2.24) is 0 Å². The third kappa shape index (κ3) is 1770. The van der Waals surface area contributed by atoms with Crippen LogP contribution in [0.1, 0.15) is 6.92 Å². The number of hydrogen-bond donors (Lipinski definition) is 1. The van der Waals surface area contributed by atoms with Crippen LogP contribution in [-0.2, 0) is 0 Å². The van der Waals surface area contributed by atoms with Crippen molar-refractivity contribution < 1.29 is 0 Å². The van der Waals surface area contributed by atoms with Gasteiger partial charge < -0.3 is 5.73 Å². The fraction of sp³-hybridized carbons (Fsp3) is 0.500. The lowest BCUT2D eigenvalue weighted by Gasteiger charge is -1.51. The van der Waals surface area contributed by atoms with Gasteiger partial charge in [0.25, 0.3) is 0 Å². The van der Waals surface area contributed by atoms with Gasteiger partial charge in [-0.15, -0.1) is 12.4 Å². The van der Waals surface area contributed by atoms with Crippen LogP contribution in [0.4, 0.5) is 0 Å². The van der Waals surface area contributed by atoms with Crippen LogP contribution in [0, 0.1) is 22.7 Å². The molecule has 0 amide bonds. The van der Waals surface area contributed by atoms with Crippen LogP contribution in [0.3, 0.4) is 0 Å². The molecule has 0 aliphatic carbocycles. The highest BCUT2D eigenvalue weighted by molar-refractivity contribution is 5.85. The van der Waals surface area contributed by atoms with Crippen molar-refractivity contribution in [2.45, 2.75) is 6.92 Å². The van der Waals surface area contributed by atoms with Crippen molar-refractivity contribution in [3.8, 4) is 12.1 Å². The summed E-state index contributed by atoms with van der Waals surface area (Å²) in [5, 5.41) is 14.8. The molecule has 8 heavy (non-hydrogen) atoms. The monoisotopic (exact) mass is 133 g/mol. The zero-order chi connectivity index (χ0) is 6.12. The molecule has 0 atom stereocenters. The molecule has 4 heteroatoms. The molecule has 0 saturated heterocycles. The summed E-state index contributed by atoms with van der Waals surface area (Å²) in [5.41, 5.74) is 4.67. The number of hydrogen-bond acceptors (Lipinski definition) is 3. The molecule has 0 spiro atoms. The minimum absolute atomic E-state index is 0. The lowest BCUT2D eigenvalue weighted by Crippen LogP contribution is -1.91. The quantitative estimate of drug-likeness (QED) is 0.487. The lowest BCUT2D eigenvalue weighted by atomic mass is 10.8. The summed E-state index contributed by atoms with van der Waals surface area (Å²) in [6.45, 7) is 1.56. The summed E-state index contributed by atoms with van der Waals surface area (Å²) in [6.07, 6.45) is 0. The van der Waals surface area contributed by atoms with Gasteiger partial charge in [0.15, 0.2) is 0 Å². The molecule has 3 nitrogen and oxygen atoms in total. The van der Waals surface area contributed by atoms with E-state index in [2.05, 4.69) is 5.73 Å². The van der Waals surface area contributed by atoms with Crippen molar-refractivity contribution >= 4 is 12.4 Å². The van der Waals surface area contributed by atoms with Gasteiger partial charge in [0.05, 0.1) is 18.7 Å². The number of nitrogens with zero attached hydrogens (tertiary/aromatic N) is 2. The summed E-state index contributed by atoms with van der Waals surface area (Å²) in [4.78, 5) is 0. The Kier molecular flexibility index (Phi) is 67.2. The van der Waals surface area contributed by atoms with Crippen molar-refractivity contribution in [2.75, 3.05) is 6.54 Å². The molecule has 0 aromatic carbocycles. The molecule has 0 aliphatic rings. The van der Waals surface area contributed by atoms with Crippen LogP contribution in [0.25, 0.3) is 0 Å². The maximum absolute atomic E-state index is 7.50. The normalized spacial score (nSPS) is 3.50. The zero-order valence-corrected chi connectivity index (χ0v) is 5.40. The number of rotatable bonds is 0. The molecular weight excluding hydrogens is 126 g/mol. The van der Waals surface area contributed by atoms with E-state index in [1.54, 1.807) is 12.1 Å². The Labute approximate surface area is 55.1 Å².